The molecular weight excluding hydrogens is 459 g/mol. The normalized spacial score (nSPS) is 15.0. The number of aromatic nitrogens is 1. The van der Waals surface area contributed by atoms with Gasteiger partial charge in [0.2, 0.25) is 11.8 Å². The molecule has 0 bridgehead atoms. The van der Waals surface area contributed by atoms with E-state index in [0.29, 0.717) is 26.0 Å². The van der Waals surface area contributed by atoms with Gasteiger partial charge in [0.15, 0.2) is 8.94 Å². The van der Waals surface area contributed by atoms with E-state index in [0.717, 1.165) is 4.88 Å². The van der Waals surface area contributed by atoms with E-state index in [1.807, 2.05) is 23.6 Å². The Morgan fingerprint density at radius 1 is 1.27 bits per heavy atom. The van der Waals surface area contributed by atoms with Gasteiger partial charge < -0.3 is 15.8 Å². The number of benzene rings is 1. The van der Waals surface area contributed by atoms with Crippen LogP contribution >= 0.6 is 47.1 Å². The van der Waals surface area contributed by atoms with Crippen molar-refractivity contribution in [3.05, 3.63) is 73.0 Å². The highest BCUT2D eigenvalue weighted by molar-refractivity contribution is 7.82. The molecule has 1 aromatic carbocycles. The van der Waals surface area contributed by atoms with Crippen LogP contribution in [-0.2, 0) is 4.79 Å². The molecule has 2 aromatic heterocycles. The second-order valence-electron chi connectivity index (χ2n) is 6.07. The molecule has 7 nitrogen and oxygen atoms in total. The van der Waals surface area contributed by atoms with E-state index in [-0.39, 0.29) is 16.8 Å². The first-order chi connectivity index (χ1) is 14.5. The summed E-state index contributed by atoms with van der Waals surface area (Å²) in [6.07, 6.45) is 0. The van der Waals surface area contributed by atoms with Gasteiger partial charge in [-0.2, -0.15) is 5.26 Å². The smallest absolute Gasteiger partial charge is 0.284 e. The van der Waals surface area contributed by atoms with Crippen LogP contribution in [-0.4, -0.2) is 15.6 Å². The number of hydrogen-bond acceptors (Lipinski definition) is 8. The number of carbonyl (C=O) groups is 1. The van der Waals surface area contributed by atoms with Crippen LogP contribution in [0.25, 0.3) is 0 Å². The van der Waals surface area contributed by atoms with Crippen molar-refractivity contribution in [1.82, 2.24) is 4.68 Å². The molecule has 150 valence electrons. The average molecular weight is 472 g/mol. The Morgan fingerprint density at radius 3 is 2.70 bits per heavy atom. The third-order valence-corrected chi connectivity index (χ3v) is 6.85. The van der Waals surface area contributed by atoms with Crippen LogP contribution in [0.1, 0.15) is 15.7 Å². The third kappa shape index (κ3) is 3.73. The molecule has 0 fully saturated rings. The molecule has 0 radical (unpaired) electrons. The van der Waals surface area contributed by atoms with Gasteiger partial charge in [0.05, 0.1) is 10.8 Å². The first kappa shape index (κ1) is 20.2. The van der Waals surface area contributed by atoms with Crippen LogP contribution in [0.5, 0.6) is 5.88 Å². The fraction of sp³-hybridized carbons (Fsp3) is 0.0526. The summed E-state index contributed by atoms with van der Waals surface area (Å²) in [5, 5.41) is 14.2. The number of rotatable bonds is 3. The van der Waals surface area contributed by atoms with E-state index in [1.54, 1.807) is 24.3 Å². The zero-order chi connectivity index (χ0) is 21.3. The predicted octanol–water partition coefficient (Wildman–Crippen LogP) is 4.07. The van der Waals surface area contributed by atoms with Crippen molar-refractivity contribution in [2.45, 2.75) is 5.92 Å². The lowest BCUT2D eigenvalue weighted by Crippen LogP contribution is -2.33. The maximum absolute atomic E-state index is 12.5. The number of hydrogen-bond donors (Lipinski definition) is 3. The molecular formula is C19H13N5O2S4. The number of amides is 1. The number of fused-ring (bicyclic) bond motifs is 1. The molecule has 1 aliphatic rings. The Kier molecular flexibility index (Phi) is 5.65. The number of allylic oxidation sites excluding steroid dienone is 1. The number of nitrogens with one attached hydrogen (secondary N) is 2. The summed E-state index contributed by atoms with van der Waals surface area (Å²) < 4.78 is 7.49. The van der Waals surface area contributed by atoms with Crippen molar-refractivity contribution >= 4 is 63.7 Å². The van der Waals surface area contributed by atoms with Crippen molar-refractivity contribution in [2.75, 3.05) is 10.7 Å². The van der Waals surface area contributed by atoms with Gasteiger partial charge >= 0.3 is 0 Å². The van der Waals surface area contributed by atoms with Crippen LogP contribution < -0.4 is 21.2 Å². The summed E-state index contributed by atoms with van der Waals surface area (Å²) >= 11 is 13.5. The van der Waals surface area contributed by atoms with Gasteiger partial charge in [-0.15, -0.1) is 22.7 Å². The van der Waals surface area contributed by atoms with E-state index in [2.05, 4.69) is 16.8 Å². The number of carbonyl (C=O) groups excluding carboxylic acids is 1. The van der Waals surface area contributed by atoms with Crippen LogP contribution in [0, 0.1) is 15.3 Å². The monoisotopic (exact) mass is 471 g/mol. The fourth-order valence-corrected chi connectivity index (χ4v) is 5.34. The van der Waals surface area contributed by atoms with Crippen molar-refractivity contribution in [3.8, 4) is 11.9 Å². The molecule has 4 rings (SSSR count). The van der Waals surface area contributed by atoms with Gasteiger partial charge in [0, 0.05) is 10.6 Å². The Morgan fingerprint density at radius 2 is 2.03 bits per heavy atom. The van der Waals surface area contributed by atoms with E-state index < -0.39 is 5.91 Å². The van der Waals surface area contributed by atoms with Crippen molar-refractivity contribution in [2.24, 2.45) is 5.73 Å². The number of nitriles is 1. The summed E-state index contributed by atoms with van der Waals surface area (Å²) in [5.74, 6) is -0.578. The van der Waals surface area contributed by atoms with Gasteiger partial charge in [-0.3, -0.25) is 10.2 Å². The highest BCUT2D eigenvalue weighted by Crippen LogP contribution is 2.46. The molecule has 0 saturated heterocycles. The van der Waals surface area contributed by atoms with E-state index in [9.17, 15) is 10.1 Å². The zero-order valence-electron chi connectivity index (χ0n) is 15.1. The van der Waals surface area contributed by atoms with Crippen LogP contribution in [0.4, 0.5) is 5.69 Å². The predicted molar refractivity (Wildman–Crippen MR) is 124 cm³/mol. The van der Waals surface area contributed by atoms with Crippen molar-refractivity contribution in [3.63, 3.8) is 0 Å². The first-order valence-corrected chi connectivity index (χ1v) is 11.0. The number of para-hydroxylation sites is 1. The Balaban J connectivity index is 1.65. The highest BCUT2D eigenvalue weighted by atomic mass is 32.1. The maximum atomic E-state index is 12.5. The Labute approximate surface area is 190 Å². The topological polar surface area (TPSA) is 105 Å². The molecule has 1 amide bonds. The molecule has 1 atom stereocenters. The fourth-order valence-electron chi connectivity index (χ4n) is 2.89. The van der Waals surface area contributed by atoms with Crippen LogP contribution in [0.15, 0.2) is 59.3 Å². The third-order valence-electron chi connectivity index (χ3n) is 4.22. The minimum absolute atomic E-state index is 0.00796. The van der Waals surface area contributed by atoms with Crippen molar-refractivity contribution in [1.29, 1.82) is 5.26 Å². The van der Waals surface area contributed by atoms with Gasteiger partial charge in [-0.1, -0.05) is 36.5 Å². The van der Waals surface area contributed by atoms with E-state index in [1.165, 1.54) is 27.3 Å². The quantitative estimate of drug-likeness (QED) is 0.495. The maximum Gasteiger partial charge on any atom is 0.284 e. The molecule has 3 heterocycles. The number of anilines is 1. The molecule has 1 unspecified atom stereocenters. The molecule has 4 N–H and O–H groups in total. The lowest BCUT2D eigenvalue weighted by molar-refractivity contribution is -0.110. The summed E-state index contributed by atoms with van der Waals surface area (Å²) in [6, 6.07) is 14.9. The number of ether oxygens (including phenoxy) is 1. The molecule has 30 heavy (non-hydrogen) atoms. The largest absolute Gasteiger partial charge is 0.421 e. The van der Waals surface area contributed by atoms with Gasteiger partial charge in [0.25, 0.3) is 5.91 Å². The van der Waals surface area contributed by atoms with Gasteiger partial charge in [0.1, 0.15) is 11.6 Å². The molecule has 0 spiro atoms. The molecule has 0 saturated carbocycles. The zero-order valence-corrected chi connectivity index (χ0v) is 18.4. The molecule has 3 aromatic rings. The van der Waals surface area contributed by atoms with Gasteiger partial charge in [-0.25, -0.2) is 4.68 Å². The minimum atomic E-state index is -0.495. The number of thiophene rings is 1. The van der Waals surface area contributed by atoms with Crippen molar-refractivity contribution < 1.29 is 9.53 Å². The number of nitrogens with zero attached hydrogens (tertiary/aromatic N) is 2. The van der Waals surface area contributed by atoms with Crippen LogP contribution in [0.2, 0.25) is 0 Å². The second-order valence-corrected chi connectivity index (χ2v) is 9.14. The SMILES string of the molecule is N#CC1=C(N)Oc2c(sc(=S)n2NC(=S)C(=O)Nc2ccccc2)C1c1cccs1. The summed E-state index contributed by atoms with van der Waals surface area (Å²) in [5.41, 5.74) is 9.78. The van der Waals surface area contributed by atoms with Gasteiger partial charge in [-0.05, 0) is 35.8 Å². The second kappa shape index (κ2) is 8.37. The molecule has 11 heteroatoms. The summed E-state index contributed by atoms with van der Waals surface area (Å²) in [4.78, 5) is 14.0. The minimum Gasteiger partial charge on any atom is -0.421 e. The van der Waals surface area contributed by atoms with Crippen LogP contribution in [0.3, 0.4) is 0 Å². The lowest BCUT2D eigenvalue weighted by atomic mass is 9.95. The average Bonchev–Trinajstić information content (AvgIpc) is 3.37. The number of thiazole rings is 1. The summed E-state index contributed by atoms with van der Waals surface area (Å²) in [6.45, 7) is 0. The Hall–Kier alpha value is -3.04. The number of nitrogens with two attached hydrogens (primary N) is 1. The summed E-state index contributed by atoms with van der Waals surface area (Å²) in [7, 11) is 0. The first-order valence-electron chi connectivity index (χ1n) is 8.53. The highest BCUT2D eigenvalue weighted by Gasteiger charge is 2.35. The van der Waals surface area contributed by atoms with E-state index in [4.69, 9.17) is 34.9 Å². The standard InChI is InChI=1S/C19H13N5O2S4/c20-9-11-13(12-7-4-8-29-12)14-18(26-15(11)21)24(19(28)30-14)23-17(27)16(25)22-10-5-2-1-3-6-10/h1-8,13H,21H2,(H,22,25)(H,23,27). The lowest BCUT2D eigenvalue weighted by Gasteiger charge is -2.23. The Bertz CT molecular complexity index is 1250. The molecule has 1 aliphatic heterocycles. The molecule has 0 aliphatic carbocycles. The van der Waals surface area contributed by atoms with E-state index >= 15 is 0 Å². The number of thiocarbonyl (C=S) groups is 1.